The van der Waals surface area contributed by atoms with E-state index in [9.17, 15) is 4.39 Å². The molecule has 0 amide bonds. The summed E-state index contributed by atoms with van der Waals surface area (Å²) in [6.07, 6.45) is 2.36. The molecule has 1 aromatic carbocycles. The van der Waals surface area contributed by atoms with Crippen LogP contribution < -0.4 is 5.32 Å². The minimum absolute atomic E-state index is 0.258. The topological polar surface area (TPSA) is 37.8 Å². The van der Waals surface area contributed by atoms with Crippen LogP contribution in [0.15, 0.2) is 18.2 Å². The van der Waals surface area contributed by atoms with Crippen molar-refractivity contribution in [2.75, 3.05) is 12.4 Å². The van der Waals surface area contributed by atoms with Crippen LogP contribution in [-0.4, -0.2) is 17.0 Å². The summed E-state index contributed by atoms with van der Waals surface area (Å²) in [5.41, 5.74) is 2.83. The number of benzene rings is 1. The van der Waals surface area contributed by atoms with Crippen LogP contribution in [0.4, 0.5) is 10.2 Å². The Morgan fingerprint density at radius 3 is 2.70 bits per heavy atom. The number of rotatable bonds is 3. The van der Waals surface area contributed by atoms with Crippen LogP contribution in [-0.2, 0) is 0 Å². The highest BCUT2D eigenvalue weighted by Gasteiger charge is 2.29. The first-order valence-corrected chi connectivity index (χ1v) is 7.69. The summed E-state index contributed by atoms with van der Waals surface area (Å²) in [7, 11) is 1.85. The van der Waals surface area contributed by atoms with E-state index in [2.05, 4.69) is 37.9 Å². The van der Waals surface area contributed by atoms with Gasteiger partial charge in [0.25, 0.3) is 0 Å². The molecule has 5 heteroatoms. The molecule has 1 fully saturated rings. The van der Waals surface area contributed by atoms with Crippen molar-refractivity contribution < 1.29 is 4.39 Å². The minimum atomic E-state index is -0.258. The van der Waals surface area contributed by atoms with Gasteiger partial charge in [0.1, 0.15) is 11.6 Å². The maximum Gasteiger partial charge on any atom is 0.162 e. The van der Waals surface area contributed by atoms with E-state index >= 15 is 0 Å². The smallest absolute Gasteiger partial charge is 0.162 e. The number of halogens is 2. The van der Waals surface area contributed by atoms with Gasteiger partial charge in [-0.15, -0.1) is 0 Å². The zero-order valence-corrected chi connectivity index (χ0v) is 13.5. The molecular weight excluding hydrogens is 368 g/mol. The molecule has 3 nitrogen and oxygen atoms in total. The predicted molar refractivity (Wildman–Crippen MR) is 86.4 cm³/mol. The molecule has 0 spiro atoms. The largest absolute Gasteiger partial charge is 0.372 e. The number of nitrogens with one attached hydrogen (secondary N) is 1. The molecular formula is C15H15FIN3. The van der Waals surface area contributed by atoms with Crippen molar-refractivity contribution in [3.63, 3.8) is 0 Å². The van der Waals surface area contributed by atoms with Crippen molar-refractivity contribution >= 4 is 28.4 Å². The summed E-state index contributed by atoms with van der Waals surface area (Å²) in [6.45, 7) is 1.95. The lowest BCUT2D eigenvalue weighted by atomic mass is 10.1. The molecule has 20 heavy (non-hydrogen) atoms. The lowest BCUT2D eigenvalue weighted by molar-refractivity contribution is 0.627. The number of nitrogens with zero attached hydrogens (tertiary/aromatic N) is 2. The quantitative estimate of drug-likeness (QED) is 0.811. The van der Waals surface area contributed by atoms with E-state index in [-0.39, 0.29) is 5.82 Å². The van der Waals surface area contributed by atoms with Gasteiger partial charge in [-0.05, 0) is 60.1 Å². The Labute approximate surface area is 131 Å². The van der Waals surface area contributed by atoms with Crippen LogP contribution in [0.5, 0.6) is 0 Å². The summed E-state index contributed by atoms with van der Waals surface area (Å²) < 4.78 is 14.6. The monoisotopic (exact) mass is 383 g/mol. The summed E-state index contributed by atoms with van der Waals surface area (Å²) in [5, 5.41) is 3.11. The van der Waals surface area contributed by atoms with E-state index in [0.29, 0.717) is 11.7 Å². The van der Waals surface area contributed by atoms with E-state index in [0.717, 1.165) is 26.2 Å². The van der Waals surface area contributed by atoms with Gasteiger partial charge in [0.15, 0.2) is 5.82 Å². The van der Waals surface area contributed by atoms with Crippen molar-refractivity contribution in [1.29, 1.82) is 0 Å². The van der Waals surface area contributed by atoms with Crippen LogP contribution in [0.25, 0.3) is 11.4 Å². The van der Waals surface area contributed by atoms with Gasteiger partial charge in [-0.3, -0.25) is 0 Å². The standard InChI is InChI=1S/C15H15FIN3/c1-8-3-6-10(16)7-11(8)14-19-13(9-4-5-9)12(17)15(18-2)20-14/h3,6-7,9H,4-5H2,1-2H3,(H,18,19,20). The average molecular weight is 383 g/mol. The van der Waals surface area contributed by atoms with Gasteiger partial charge in [-0.1, -0.05) is 6.07 Å². The van der Waals surface area contributed by atoms with Crippen LogP contribution in [0, 0.1) is 16.3 Å². The second-order valence-electron chi connectivity index (χ2n) is 5.08. The Kier molecular flexibility index (Phi) is 3.62. The van der Waals surface area contributed by atoms with E-state index in [1.54, 1.807) is 6.07 Å². The van der Waals surface area contributed by atoms with E-state index in [1.807, 2.05) is 14.0 Å². The summed E-state index contributed by atoms with van der Waals surface area (Å²) in [6, 6.07) is 4.74. The molecule has 2 aromatic rings. The molecule has 1 N–H and O–H groups in total. The number of aromatic nitrogens is 2. The highest BCUT2D eigenvalue weighted by Crippen LogP contribution is 2.43. The Morgan fingerprint density at radius 2 is 2.05 bits per heavy atom. The van der Waals surface area contributed by atoms with Crippen molar-refractivity contribution in [1.82, 2.24) is 9.97 Å². The second-order valence-corrected chi connectivity index (χ2v) is 6.16. The molecule has 3 rings (SSSR count). The molecule has 1 saturated carbocycles. The van der Waals surface area contributed by atoms with Gasteiger partial charge in [-0.2, -0.15) is 0 Å². The highest BCUT2D eigenvalue weighted by molar-refractivity contribution is 14.1. The fourth-order valence-corrected chi connectivity index (χ4v) is 3.16. The van der Waals surface area contributed by atoms with Crippen molar-refractivity contribution in [3.8, 4) is 11.4 Å². The maximum atomic E-state index is 13.5. The van der Waals surface area contributed by atoms with Crippen LogP contribution in [0.3, 0.4) is 0 Å². The Bertz CT molecular complexity index is 668. The Morgan fingerprint density at radius 1 is 1.30 bits per heavy atom. The molecule has 0 radical (unpaired) electrons. The first-order valence-electron chi connectivity index (χ1n) is 6.62. The second kappa shape index (κ2) is 5.27. The third-order valence-corrected chi connectivity index (χ3v) is 4.58. The maximum absolute atomic E-state index is 13.5. The van der Waals surface area contributed by atoms with E-state index in [1.165, 1.54) is 25.0 Å². The van der Waals surface area contributed by atoms with Crippen LogP contribution >= 0.6 is 22.6 Å². The third-order valence-electron chi connectivity index (χ3n) is 3.52. The minimum Gasteiger partial charge on any atom is -0.372 e. The molecule has 0 atom stereocenters. The molecule has 1 aliphatic carbocycles. The summed E-state index contributed by atoms with van der Waals surface area (Å²) in [5.74, 6) is 1.70. The molecule has 1 aromatic heterocycles. The fourth-order valence-electron chi connectivity index (χ4n) is 2.21. The molecule has 0 bridgehead atoms. The SMILES string of the molecule is CNc1nc(-c2cc(F)ccc2C)nc(C2CC2)c1I. The van der Waals surface area contributed by atoms with Crippen molar-refractivity contribution in [3.05, 3.63) is 38.8 Å². The zero-order valence-electron chi connectivity index (χ0n) is 11.4. The van der Waals surface area contributed by atoms with Crippen molar-refractivity contribution in [2.45, 2.75) is 25.7 Å². The van der Waals surface area contributed by atoms with Gasteiger partial charge >= 0.3 is 0 Å². The molecule has 0 unspecified atom stereocenters. The summed E-state index contributed by atoms with van der Waals surface area (Å²) >= 11 is 2.29. The van der Waals surface area contributed by atoms with Crippen molar-refractivity contribution in [2.24, 2.45) is 0 Å². The molecule has 1 heterocycles. The normalized spacial score (nSPS) is 14.4. The number of hydrogen-bond acceptors (Lipinski definition) is 3. The van der Waals surface area contributed by atoms with E-state index < -0.39 is 0 Å². The Balaban J connectivity index is 2.18. The first-order chi connectivity index (χ1) is 9.60. The molecule has 0 aliphatic heterocycles. The lowest BCUT2D eigenvalue weighted by Gasteiger charge is -2.12. The van der Waals surface area contributed by atoms with Crippen LogP contribution in [0.2, 0.25) is 0 Å². The zero-order chi connectivity index (χ0) is 14.3. The lowest BCUT2D eigenvalue weighted by Crippen LogP contribution is -2.05. The molecule has 1 aliphatic rings. The fraction of sp³-hybridized carbons (Fsp3) is 0.333. The Hall–Kier alpha value is -1.24. The highest BCUT2D eigenvalue weighted by atomic mass is 127. The van der Waals surface area contributed by atoms with Crippen LogP contribution in [0.1, 0.15) is 30.0 Å². The van der Waals surface area contributed by atoms with Gasteiger partial charge in [-0.25, -0.2) is 14.4 Å². The van der Waals surface area contributed by atoms with E-state index in [4.69, 9.17) is 0 Å². The number of hydrogen-bond donors (Lipinski definition) is 1. The summed E-state index contributed by atoms with van der Waals surface area (Å²) in [4.78, 5) is 9.23. The third kappa shape index (κ3) is 2.51. The van der Waals surface area contributed by atoms with Gasteiger partial charge < -0.3 is 5.32 Å². The number of anilines is 1. The van der Waals surface area contributed by atoms with Gasteiger partial charge in [0.05, 0.1) is 9.26 Å². The van der Waals surface area contributed by atoms with Gasteiger partial charge in [0.2, 0.25) is 0 Å². The molecule has 104 valence electrons. The predicted octanol–water partition coefficient (Wildman–Crippen LogP) is 4.11. The van der Waals surface area contributed by atoms with Gasteiger partial charge in [0, 0.05) is 18.5 Å². The number of aryl methyl sites for hydroxylation is 1. The first kappa shape index (κ1) is 13.7. The average Bonchev–Trinajstić information content (AvgIpc) is 3.26. The molecule has 0 saturated heterocycles.